The van der Waals surface area contributed by atoms with Crippen molar-refractivity contribution in [2.75, 3.05) is 25.5 Å². The van der Waals surface area contributed by atoms with E-state index < -0.39 is 10.0 Å². The first-order valence-corrected chi connectivity index (χ1v) is 10.9. The number of nitrogens with zero attached hydrogens (tertiary/aromatic N) is 1. The molecular formula is C19H27N3O5S. The molecule has 2 aliphatic rings. The van der Waals surface area contributed by atoms with Gasteiger partial charge in [0.15, 0.2) is 6.61 Å². The van der Waals surface area contributed by atoms with Crippen LogP contribution in [0, 0.1) is 12.8 Å². The number of sulfonamides is 1. The highest BCUT2D eigenvalue weighted by Gasteiger charge is 2.29. The van der Waals surface area contributed by atoms with Gasteiger partial charge in [0.05, 0.1) is 17.1 Å². The van der Waals surface area contributed by atoms with Crippen LogP contribution in [0.5, 0.6) is 5.75 Å². The van der Waals surface area contributed by atoms with E-state index in [1.54, 1.807) is 13.0 Å². The fourth-order valence-corrected chi connectivity index (χ4v) is 4.97. The van der Waals surface area contributed by atoms with E-state index in [1.807, 2.05) is 0 Å². The molecule has 0 aromatic heterocycles. The molecule has 1 aromatic rings. The van der Waals surface area contributed by atoms with Crippen LogP contribution in [0.4, 0.5) is 5.69 Å². The fourth-order valence-electron chi connectivity index (χ4n) is 3.63. The maximum Gasteiger partial charge on any atom is 0.262 e. The van der Waals surface area contributed by atoms with Crippen molar-refractivity contribution >= 4 is 27.5 Å². The zero-order valence-corrected chi connectivity index (χ0v) is 17.3. The summed E-state index contributed by atoms with van der Waals surface area (Å²) in [6.45, 7) is 3.44. The van der Waals surface area contributed by atoms with Crippen LogP contribution in [-0.2, 0) is 19.6 Å². The molecule has 3 rings (SSSR count). The first-order chi connectivity index (χ1) is 13.2. The number of ether oxygens (including phenoxy) is 1. The van der Waals surface area contributed by atoms with E-state index >= 15 is 0 Å². The second-order valence-corrected chi connectivity index (χ2v) is 9.75. The number of rotatable bonds is 5. The number of likely N-dealkylation sites (N-methyl/N-ethyl adjacent to an activating group) is 1. The highest BCUT2D eigenvalue weighted by atomic mass is 32.2. The predicted molar refractivity (Wildman–Crippen MR) is 105 cm³/mol. The minimum absolute atomic E-state index is 0.0594. The van der Waals surface area contributed by atoms with Crippen LogP contribution in [0.25, 0.3) is 0 Å². The number of hydrogen-bond acceptors (Lipinski definition) is 5. The summed E-state index contributed by atoms with van der Waals surface area (Å²) >= 11 is 0. The number of benzene rings is 1. The van der Waals surface area contributed by atoms with E-state index in [1.165, 1.54) is 13.1 Å². The summed E-state index contributed by atoms with van der Waals surface area (Å²) in [5.74, 6) is 0.395. The van der Waals surface area contributed by atoms with Crippen molar-refractivity contribution in [1.82, 2.24) is 9.62 Å². The van der Waals surface area contributed by atoms with E-state index in [0.717, 1.165) is 30.0 Å². The first-order valence-electron chi connectivity index (χ1n) is 9.50. The highest BCUT2D eigenvalue weighted by Crippen LogP contribution is 2.33. The lowest BCUT2D eigenvalue weighted by Crippen LogP contribution is -2.43. The van der Waals surface area contributed by atoms with Gasteiger partial charge in [-0.15, -0.1) is 0 Å². The third kappa shape index (κ3) is 4.47. The molecule has 1 fully saturated rings. The first kappa shape index (κ1) is 20.6. The number of amides is 2. The Morgan fingerprint density at radius 3 is 2.64 bits per heavy atom. The normalized spacial score (nSPS) is 22.2. The van der Waals surface area contributed by atoms with Crippen molar-refractivity contribution in [3.05, 3.63) is 17.7 Å². The zero-order valence-electron chi connectivity index (χ0n) is 16.4. The van der Waals surface area contributed by atoms with Crippen molar-refractivity contribution in [2.45, 2.75) is 50.5 Å². The Morgan fingerprint density at radius 1 is 1.29 bits per heavy atom. The lowest BCUT2D eigenvalue weighted by molar-refractivity contribution is -0.122. The number of anilines is 1. The van der Waals surface area contributed by atoms with Crippen molar-refractivity contribution in [3.8, 4) is 5.75 Å². The molecule has 1 aliphatic carbocycles. The van der Waals surface area contributed by atoms with Crippen LogP contribution >= 0.6 is 0 Å². The predicted octanol–water partition coefficient (Wildman–Crippen LogP) is 1.64. The molecule has 1 saturated carbocycles. The fraction of sp³-hybridized carbons (Fsp3) is 0.579. The van der Waals surface area contributed by atoms with Crippen LogP contribution in [0.2, 0.25) is 0 Å². The van der Waals surface area contributed by atoms with E-state index in [-0.39, 0.29) is 35.9 Å². The van der Waals surface area contributed by atoms with Crippen molar-refractivity contribution in [2.24, 2.45) is 5.92 Å². The molecule has 154 valence electrons. The molecule has 0 radical (unpaired) electrons. The summed E-state index contributed by atoms with van der Waals surface area (Å²) < 4.78 is 32.3. The Morgan fingerprint density at radius 2 is 1.96 bits per heavy atom. The molecule has 9 heteroatoms. The molecule has 0 unspecified atom stereocenters. The van der Waals surface area contributed by atoms with Gasteiger partial charge >= 0.3 is 0 Å². The van der Waals surface area contributed by atoms with Gasteiger partial charge in [-0.3, -0.25) is 9.59 Å². The number of fused-ring (bicyclic) bond motifs is 1. The lowest BCUT2D eigenvalue weighted by atomic mass is 9.87. The second-order valence-electron chi connectivity index (χ2n) is 7.74. The summed E-state index contributed by atoms with van der Waals surface area (Å²) in [6.07, 6.45) is 4.00. The van der Waals surface area contributed by atoms with Gasteiger partial charge in [0.1, 0.15) is 5.75 Å². The topological polar surface area (TPSA) is 105 Å². The van der Waals surface area contributed by atoms with Gasteiger partial charge in [-0.05, 0) is 50.2 Å². The summed E-state index contributed by atoms with van der Waals surface area (Å²) in [5.41, 5.74) is 0.915. The Bertz CT molecular complexity index is 876. The number of carbonyl (C=O) groups is 2. The molecule has 2 N–H and O–H groups in total. The second kappa shape index (κ2) is 8.08. The number of carbonyl (C=O) groups excluding carboxylic acids is 2. The van der Waals surface area contributed by atoms with Crippen LogP contribution in [0.15, 0.2) is 17.0 Å². The Balaban J connectivity index is 1.70. The van der Waals surface area contributed by atoms with Crippen LogP contribution in [0.3, 0.4) is 0 Å². The van der Waals surface area contributed by atoms with Gasteiger partial charge in [-0.2, -0.15) is 4.31 Å². The lowest BCUT2D eigenvalue weighted by Gasteiger charge is -2.28. The minimum Gasteiger partial charge on any atom is -0.482 e. The molecular weight excluding hydrogens is 382 g/mol. The molecule has 1 aliphatic heterocycles. The van der Waals surface area contributed by atoms with Crippen molar-refractivity contribution in [3.63, 3.8) is 0 Å². The number of aryl methyl sites for hydroxylation is 1. The van der Waals surface area contributed by atoms with Gasteiger partial charge < -0.3 is 15.4 Å². The average molecular weight is 410 g/mol. The van der Waals surface area contributed by atoms with Gasteiger partial charge in [-0.25, -0.2) is 8.42 Å². The zero-order chi connectivity index (χ0) is 20.5. The van der Waals surface area contributed by atoms with Gasteiger partial charge in [0.2, 0.25) is 15.9 Å². The smallest absolute Gasteiger partial charge is 0.262 e. The van der Waals surface area contributed by atoms with Crippen LogP contribution in [-0.4, -0.2) is 50.8 Å². The Hall–Kier alpha value is -2.13. The monoisotopic (exact) mass is 409 g/mol. The van der Waals surface area contributed by atoms with Gasteiger partial charge in [0.25, 0.3) is 5.91 Å². The highest BCUT2D eigenvalue weighted by molar-refractivity contribution is 7.89. The molecule has 8 nitrogen and oxygen atoms in total. The van der Waals surface area contributed by atoms with E-state index in [2.05, 4.69) is 17.6 Å². The van der Waals surface area contributed by atoms with Gasteiger partial charge in [0, 0.05) is 19.2 Å². The van der Waals surface area contributed by atoms with E-state index in [0.29, 0.717) is 22.9 Å². The average Bonchev–Trinajstić information content (AvgIpc) is 2.62. The minimum atomic E-state index is -3.88. The molecule has 0 spiro atoms. The standard InChI is InChI=1S/C19H27N3O5S/c1-12-4-6-14(7-5-12)20-18(23)10-22(3)28(25,26)17-9-16-15(8-13(17)2)21-19(24)11-27-16/h8-9,12,14H,4-7,10-11H2,1-3H3,(H,20,23)(H,21,24). The third-order valence-corrected chi connectivity index (χ3v) is 7.29. The summed E-state index contributed by atoms with van der Waals surface area (Å²) in [7, 11) is -2.49. The van der Waals surface area contributed by atoms with Crippen molar-refractivity contribution in [1.29, 1.82) is 0 Å². The molecule has 1 aromatic carbocycles. The summed E-state index contributed by atoms with van der Waals surface area (Å²) in [4.78, 5) is 23.8. The maximum atomic E-state index is 13.0. The molecule has 28 heavy (non-hydrogen) atoms. The maximum absolute atomic E-state index is 13.0. The number of hydrogen-bond donors (Lipinski definition) is 2. The molecule has 0 atom stereocenters. The van der Waals surface area contributed by atoms with Crippen LogP contribution < -0.4 is 15.4 Å². The van der Waals surface area contributed by atoms with Gasteiger partial charge in [-0.1, -0.05) is 6.92 Å². The summed E-state index contributed by atoms with van der Waals surface area (Å²) in [6, 6.07) is 3.08. The Labute approximate surface area is 165 Å². The molecule has 0 saturated heterocycles. The Kier molecular flexibility index (Phi) is 5.95. The molecule has 1 heterocycles. The number of nitrogens with one attached hydrogen (secondary N) is 2. The quantitative estimate of drug-likeness (QED) is 0.769. The molecule has 0 bridgehead atoms. The van der Waals surface area contributed by atoms with E-state index in [9.17, 15) is 18.0 Å². The van der Waals surface area contributed by atoms with Crippen LogP contribution in [0.1, 0.15) is 38.2 Å². The SMILES string of the molecule is Cc1cc2c(cc1S(=O)(=O)N(C)CC(=O)NC1CCC(C)CC1)OCC(=O)N2. The van der Waals surface area contributed by atoms with Crippen molar-refractivity contribution < 1.29 is 22.7 Å². The largest absolute Gasteiger partial charge is 0.482 e. The third-order valence-electron chi connectivity index (χ3n) is 5.35. The van der Waals surface area contributed by atoms with E-state index in [4.69, 9.17) is 4.74 Å². The molecule has 2 amide bonds. The summed E-state index contributed by atoms with van der Waals surface area (Å²) in [5, 5.41) is 5.60.